The Morgan fingerprint density at radius 1 is 1.18 bits per heavy atom. The molecule has 22 heavy (non-hydrogen) atoms. The average molecular weight is 328 g/mol. The van der Waals surface area contributed by atoms with Crippen LogP contribution in [0, 0.1) is 5.41 Å². The number of carbonyl (C=O) groups excluding carboxylic acids is 2. The van der Waals surface area contributed by atoms with Crippen molar-refractivity contribution in [1.82, 2.24) is 10.2 Å². The molecule has 1 rings (SSSR count). The molecule has 1 aromatic carbocycles. The fourth-order valence-electron chi connectivity index (χ4n) is 1.68. The largest absolute Gasteiger partial charge is 0.340 e. The van der Waals surface area contributed by atoms with E-state index in [-0.39, 0.29) is 24.2 Å². The molecule has 0 aromatic heterocycles. The number of amides is 2. The van der Waals surface area contributed by atoms with E-state index in [0.29, 0.717) is 17.8 Å². The van der Waals surface area contributed by atoms with Crippen molar-refractivity contribution >= 4 is 29.9 Å². The summed E-state index contributed by atoms with van der Waals surface area (Å²) in [6.45, 7) is 6.85. The third kappa shape index (κ3) is 5.66. The number of hydrogen-bond acceptors (Lipinski definition) is 3. The number of carbonyl (C=O) groups is 2. The molecular weight excluding hydrogens is 302 g/mol. The maximum Gasteiger partial charge on any atom is 0.255 e. The maximum absolute atomic E-state index is 12.4. The zero-order chi connectivity index (χ0) is 16.0. The first-order valence-electron chi connectivity index (χ1n) is 7.08. The molecule has 5 nitrogen and oxygen atoms in total. The van der Waals surface area contributed by atoms with Crippen molar-refractivity contribution in [3.63, 3.8) is 0 Å². The lowest BCUT2D eigenvalue weighted by Gasteiger charge is -2.21. The molecule has 0 radical (unpaired) electrons. The fourth-order valence-corrected chi connectivity index (χ4v) is 1.68. The average Bonchev–Trinajstić information content (AvgIpc) is 2.43. The third-order valence-corrected chi connectivity index (χ3v) is 3.13. The summed E-state index contributed by atoms with van der Waals surface area (Å²) in [5.41, 5.74) is 0.557. The van der Waals surface area contributed by atoms with Crippen molar-refractivity contribution in [2.45, 2.75) is 20.8 Å². The summed E-state index contributed by atoms with van der Waals surface area (Å²) < 4.78 is 0. The standard InChI is InChI=1S/C16H25N3O2.ClH/c1-16(2,3)15(21)18-13-9-7-6-8-12(13)14(20)19(5)11-10-17-4;/h6-9,17H,10-11H2,1-5H3,(H,18,21);1H. The molecule has 0 spiro atoms. The second-order valence-corrected chi connectivity index (χ2v) is 6.08. The molecule has 6 heteroatoms. The van der Waals surface area contributed by atoms with Gasteiger partial charge in [0.2, 0.25) is 5.91 Å². The van der Waals surface area contributed by atoms with E-state index in [4.69, 9.17) is 0 Å². The van der Waals surface area contributed by atoms with Crippen LogP contribution in [0.2, 0.25) is 0 Å². The quantitative estimate of drug-likeness (QED) is 0.873. The number of halogens is 1. The van der Waals surface area contributed by atoms with Crippen LogP contribution in [0.3, 0.4) is 0 Å². The van der Waals surface area contributed by atoms with E-state index in [1.165, 1.54) is 0 Å². The summed E-state index contributed by atoms with van der Waals surface area (Å²) in [5.74, 6) is -0.212. The van der Waals surface area contributed by atoms with Gasteiger partial charge in [-0.3, -0.25) is 9.59 Å². The van der Waals surface area contributed by atoms with Gasteiger partial charge >= 0.3 is 0 Å². The zero-order valence-corrected chi connectivity index (χ0v) is 14.7. The number of benzene rings is 1. The highest BCUT2D eigenvalue weighted by molar-refractivity contribution is 6.04. The molecule has 0 saturated heterocycles. The van der Waals surface area contributed by atoms with Gasteiger partial charge in [0.25, 0.3) is 5.91 Å². The number of rotatable bonds is 5. The Morgan fingerprint density at radius 2 is 1.77 bits per heavy atom. The van der Waals surface area contributed by atoms with Crippen LogP contribution in [0.15, 0.2) is 24.3 Å². The minimum Gasteiger partial charge on any atom is -0.340 e. The topological polar surface area (TPSA) is 61.4 Å². The molecule has 0 unspecified atom stereocenters. The van der Waals surface area contributed by atoms with E-state index in [1.807, 2.05) is 33.9 Å². The van der Waals surface area contributed by atoms with Gasteiger partial charge in [-0.25, -0.2) is 0 Å². The SMILES string of the molecule is CNCCN(C)C(=O)c1ccccc1NC(=O)C(C)(C)C.Cl. The number of nitrogens with zero attached hydrogens (tertiary/aromatic N) is 1. The van der Waals surface area contributed by atoms with Gasteiger partial charge in [-0.05, 0) is 19.2 Å². The van der Waals surface area contributed by atoms with Crippen LogP contribution >= 0.6 is 12.4 Å². The van der Waals surface area contributed by atoms with Gasteiger partial charge in [-0.1, -0.05) is 32.9 Å². The van der Waals surface area contributed by atoms with Crippen molar-refractivity contribution in [3.8, 4) is 0 Å². The van der Waals surface area contributed by atoms with Crippen LogP contribution in [-0.2, 0) is 4.79 Å². The second kappa shape index (κ2) is 8.76. The van der Waals surface area contributed by atoms with Crippen LogP contribution in [0.25, 0.3) is 0 Å². The molecule has 0 aliphatic heterocycles. The monoisotopic (exact) mass is 327 g/mol. The minimum atomic E-state index is -0.506. The molecule has 0 atom stereocenters. The van der Waals surface area contributed by atoms with E-state index < -0.39 is 5.41 Å². The van der Waals surface area contributed by atoms with Gasteiger partial charge in [-0.2, -0.15) is 0 Å². The van der Waals surface area contributed by atoms with Crippen molar-refractivity contribution in [2.24, 2.45) is 5.41 Å². The lowest BCUT2D eigenvalue weighted by Crippen LogP contribution is -2.34. The third-order valence-electron chi connectivity index (χ3n) is 3.13. The van der Waals surface area contributed by atoms with E-state index in [0.717, 1.165) is 6.54 Å². The smallest absolute Gasteiger partial charge is 0.255 e. The Kier molecular flexibility index (Phi) is 8.12. The van der Waals surface area contributed by atoms with Crippen molar-refractivity contribution < 1.29 is 9.59 Å². The van der Waals surface area contributed by atoms with Gasteiger partial charge in [0.05, 0.1) is 11.3 Å². The Morgan fingerprint density at radius 3 is 2.32 bits per heavy atom. The van der Waals surface area contributed by atoms with Crippen molar-refractivity contribution in [1.29, 1.82) is 0 Å². The maximum atomic E-state index is 12.4. The summed E-state index contributed by atoms with van der Waals surface area (Å²) in [6, 6.07) is 7.09. The molecule has 1 aromatic rings. The highest BCUT2D eigenvalue weighted by atomic mass is 35.5. The summed E-state index contributed by atoms with van der Waals surface area (Å²) in [5, 5.41) is 5.85. The summed E-state index contributed by atoms with van der Waals surface area (Å²) in [4.78, 5) is 26.2. The molecule has 0 aliphatic carbocycles. The van der Waals surface area contributed by atoms with Gasteiger partial charge in [-0.15, -0.1) is 12.4 Å². The summed E-state index contributed by atoms with van der Waals surface area (Å²) in [7, 11) is 3.60. The first kappa shape index (κ1) is 20.4. The lowest BCUT2D eigenvalue weighted by atomic mass is 9.95. The van der Waals surface area contributed by atoms with Crippen molar-refractivity contribution in [2.75, 3.05) is 32.5 Å². The Labute approximate surface area is 138 Å². The first-order chi connectivity index (χ1) is 9.77. The number of likely N-dealkylation sites (N-methyl/N-ethyl adjacent to an activating group) is 2. The summed E-state index contributed by atoms with van der Waals surface area (Å²) in [6.07, 6.45) is 0. The molecule has 0 bridgehead atoms. The molecule has 2 N–H and O–H groups in total. The number of anilines is 1. The van der Waals surface area contributed by atoms with Crippen LogP contribution in [0.4, 0.5) is 5.69 Å². The Hall–Kier alpha value is -1.59. The van der Waals surface area contributed by atoms with Gasteiger partial charge in [0.1, 0.15) is 0 Å². The molecule has 124 valence electrons. The molecular formula is C16H26ClN3O2. The molecule has 0 saturated carbocycles. The normalized spacial score (nSPS) is 10.6. The van der Waals surface area contributed by atoms with Gasteiger partial charge in [0.15, 0.2) is 0 Å². The molecule has 0 aliphatic rings. The van der Waals surface area contributed by atoms with Crippen LogP contribution in [0.5, 0.6) is 0 Å². The summed E-state index contributed by atoms with van der Waals surface area (Å²) >= 11 is 0. The van der Waals surface area contributed by atoms with Gasteiger partial charge in [0, 0.05) is 25.6 Å². The predicted molar refractivity (Wildman–Crippen MR) is 92.7 cm³/mol. The Bertz CT molecular complexity index is 512. The van der Waals surface area contributed by atoms with E-state index >= 15 is 0 Å². The fraction of sp³-hybridized carbons (Fsp3) is 0.500. The highest BCUT2D eigenvalue weighted by Crippen LogP contribution is 2.21. The zero-order valence-electron chi connectivity index (χ0n) is 13.9. The van der Waals surface area contributed by atoms with E-state index in [1.54, 1.807) is 30.1 Å². The van der Waals surface area contributed by atoms with Crippen molar-refractivity contribution in [3.05, 3.63) is 29.8 Å². The first-order valence-corrected chi connectivity index (χ1v) is 7.08. The molecule has 0 heterocycles. The highest BCUT2D eigenvalue weighted by Gasteiger charge is 2.23. The van der Waals surface area contributed by atoms with Gasteiger partial charge < -0.3 is 15.5 Å². The number of nitrogens with one attached hydrogen (secondary N) is 2. The second-order valence-electron chi connectivity index (χ2n) is 6.08. The van der Waals surface area contributed by atoms with Crippen LogP contribution in [-0.4, -0.2) is 43.9 Å². The lowest BCUT2D eigenvalue weighted by molar-refractivity contribution is -0.123. The minimum absolute atomic E-state index is 0. The molecule has 2 amide bonds. The van der Waals surface area contributed by atoms with E-state index in [2.05, 4.69) is 10.6 Å². The van der Waals surface area contributed by atoms with Crippen LogP contribution in [0.1, 0.15) is 31.1 Å². The molecule has 0 fully saturated rings. The Balaban J connectivity index is 0.00000441. The number of hydrogen-bond donors (Lipinski definition) is 2. The predicted octanol–water partition coefficient (Wildman–Crippen LogP) is 2.38. The number of para-hydroxylation sites is 1. The van der Waals surface area contributed by atoms with Crippen LogP contribution < -0.4 is 10.6 Å². The van der Waals surface area contributed by atoms with E-state index in [9.17, 15) is 9.59 Å².